The predicted molar refractivity (Wildman–Crippen MR) is 115 cm³/mol. The summed E-state index contributed by atoms with van der Waals surface area (Å²) in [6.45, 7) is 1.16. The Labute approximate surface area is 187 Å². The number of amides is 3. The maximum absolute atomic E-state index is 12.9. The molecule has 8 heteroatoms. The lowest BCUT2D eigenvalue weighted by atomic mass is 9.48. The van der Waals surface area contributed by atoms with Crippen LogP contribution < -0.4 is 11.1 Å². The number of hydrogen-bond donors (Lipinski definition) is 2. The van der Waals surface area contributed by atoms with E-state index in [1.165, 1.54) is 0 Å². The first-order valence-corrected chi connectivity index (χ1v) is 11.6. The molecule has 8 nitrogen and oxygen atoms in total. The molecule has 0 aromatic heterocycles. The Morgan fingerprint density at radius 1 is 1.09 bits per heavy atom. The van der Waals surface area contributed by atoms with Crippen molar-refractivity contribution < 1.29 is 23.9 Å². The summed E-state index contributed by atoms with van der Waals surface area (Å²) < 4.78 is 11.3. The first kappa shape index (κ1) is 21.1. The van der Waals surface area contributed by atoms with Crippen LogP contribution >= 0.6 is 0 Å². The van der Waals surface area contributed by atoms with Gasteiger partial charge in [-0.3, -0.25) is 4.79 Å². The highest BCUT2D eigenvalue weighted by Crippen LogP contribution is 2.60. The number of carbonyl (C=O) groups excluding carboxylic acids is 3. The van der Waals surface area contributed by atoms with Crippen LogP contribution in [0.5, 0.6) is 0 Å². The van der Waals surface area contributed by atoms with Crippen molar-refractivity contribution in [1.29, 1.82) is 0 Å². The minimum absolute atomic E-state index is 0.130. The molecule has 172 valence electrons. The number of rotatable bonds is 5. The Kier molecular flexibility index (Phi) is 5.47. The molecule has 0 spiro atoms. The minimum Gasteiger partial charge on any atom is -0.446 e. The van der Waals surface area contributed by atoms with Gasteiger partial charge in [-0.15, -0.1) is 0 Å². The molecule has 3 amide bonds. The second-order valence-electron chi connectivity index (χ2n) is 10.1. The van der Waals surface area contributed by atoms with Crippen molar-refractivity contribution in [3.8, 4) is 0 Å². The molecule has 5 aliphatic rings. The van der Waals surface area contributed by atoms with Gasteiger partial charge in [0.15, 0.2) is 0 Å². The molecule has 1 aromatic rings. The van der Waals surface area contributed by atoms with E-state index < -0.39 is 6.09 Å². The molecule has 1 heterocycles. The smallest absolute Gasteiger partial charge is 0.410 e. The molecule has 1 saturated heterocycles. The predicted octanol–water partition coefficient (Wildman–Crippen LogP) is 2.80. The van der Waals surface area contributed by atoms with E-state index in [2.05, 4.69) is 5.32 Å². The summed E-state index contributed by atoms with van der Waals surface area (Å²) in [5.74, 6) is 0.788. The fourth-order valence-electron chi connectivity index (χ4n) is 6.64. The Balaban J connectivity index is 1.10. The zero-order valence-corrected chi connectivity index (χ0v) is 18.2. The van der Waals surface area contributed by atoms with E-state index in [4.69, 9.17) is 15.2 Å². The monoisotopic (exact) mass is 441 g/mol. The van der Waals surface area contributed by atoms with E-state index in [1.54, 1.807) is 4.90 Å². The van der Waals surface area contributed by atoms with E-state index in [1.807, 2.05) is 30.3 Å². The van der Waals surface area contributed by atoms with Gasteiger partial charge < -0.3 is 25.4 Å². The third-order valence-electron chi connectivity index (χ3n) is 7.93. The molecule has 6 rings (SSSR count). The summed E-state index contributed by atoms with van der Waals surface area (Å²) in [6.07, 6.45) is 4.14. The maximum Gasteiger partial charge on any atom is 0.410 e. The third kappa shape index (κ3) is 4.02. The average molecular weight is 442 g/mol. The number of nitrogens with zero attached hydrogens (tertiary/aromatic N) is 1. The molecular formula is C24H31N3O5. The molecular weight excluding hydrogens is 410 g/mol. The molecule has 32 heavy (non-hydrogen) atoms. The van der Waals surface area contributed by atoms with Crippen molar-refractivity contribution in [2.45, 2.75) is 57.3 Å². The van der Waals surface area contributed by atoms with E-state index in [0.717, 1.165) is 37.7 Å². The van der Waals surface area contributed by atoms with Crippen molar-refractivity contribution in [3.63, 3.8) is 0 Å². The van der Waals surface area contributed by atoms with Crippen LogP contribution in [0, 0.1) is 23.2 Å². The van der Waals surface area contributed by atoms with Gasteiger partial charge in [-0.1, -0.05) is 30.3 Å². The summed E-state index contributed by atoms with van der Waals surface area (Å²) in [5, 5.41) is 2.84. The number of nitrogens with two attached hydrogens (primary N) is 1. The summed E-state index contributed by atoms with van der Waals surface area (Å²) >= 11 is 0. The second-order valence-corrected chi connectivity index (χ2v) is 10.1. The molecule has 1 aromatic carbocycles. The summed E-state index contributed by atoms with van der Waals surface area (Å²) in [6, 6.07) is 9.35. The largest absolute Gasteiger partial charge is 0.446 e. The van der Waals surface area contributed by atoms with Gasteiger partial charge in [-0.05, 0) is 61.8 Å². The summed E-state index contributed by atoms with van der Waals surface area (Å²) in [7, 11) is 0. The Morgan fingerprint density at radius 2 is 1.81 bits per heavy atom. The Hall–Kier alpha value is -2.77. The van der Waals surface area contributed by atoms with Crippen LogP contribution in [-0.2, 0) is 20.9 Å². The molecule has 1 aliphatic heterocycles. The fraction of sp³-hybridized carbons (Fsp3) is 0.625. The highest BCUT2D eigenvalue weighted by molar-refractivity contribution is 5.81. The topological polar surface area (TPSA) is 111 Å². The lowest BCUT2D eigenvalue weighted by molar-refractivity contribution is -0.161. The average Bonchev–Trinajstić information content (AvgIpc) is 3.23. The first-order valence-electron chi connectivity index (χ1n) is 11.6. The van der Waals surface area contributed by atoms with Gasteiger partial charge in [0, 0.05) is 13.1 Å². The van der Waals surface area contributed by atoms with E-state index >= 15 is 0 Å². The van der Waals surface area contributed by atoms with Gasteiger partial charge in [0.2, 0.25) is 5.91 Å². The van der Waals surface area contributed by atoms with E-state index in [-0.39, 0.29) is 48.0 Å². The molecule has 4 saturated carbocycles. The number of primary amides is 1. The number of carbonyl (C=O) groups is 3. The van der Waals surface area contributed by atoms with Crippen LogP contribution in [-0.4, -0.2) is 48.2 Å². The minimum atomic E-state index is -0.480. The van der Waals surface area contributed by atoms with Gasteiger partial charge in [-0.2, -0.15) is 0 Å². The molecule has 3 atom stereocenters. The number of benzene rings is 1. The molecule has 5 fully saturated rings. The van der Waals surface area contributed by atoms with Gasteiger partial charge >= 0.3 is 12.2 Å². The van der Waals surface area contributed by atoms with Gasteiger partial charge in [-0.25, -0.2) is 9.59 Å². The van der Waals surface area contributed by atoms with Crippen molar-refractivity contribution >= 4 is 18.1 Å². The standard InChI is InChI=1S/C24H31N3O5/c25-21(28)24-10-16-8-17(11-24)20(18(9-16)12-24)32-23(30)27-7-6-19(13-27)26-22(29)31-14-15-4-2-1-3-5-15/h1-5,16-20H,6-14H2,(H2,25,28)(H,26,29)/t16?,17?,18?,19-,20?,24?/m1/s1. The molecule has 2 unspecified atom stereocenters. The van der Waals surface area contributed by atoms with Crippen LogP contribution in [0.25, 0.3) is 0 Å². The molecule has 0 radical (unpaired) electrons. The van der Waals surface area contributed by atoms with E-state index in [0.29, 0.717) is 25.4 Å². The van der Waals surface area contributed by atoms with Crippen molar-refractivity contribution in [2.24, 2.45) is 28.9 Å². The van der Waals surface area contributed by atoms with Gasteiger partial charge in [0.1, 0.15) is 12.7 Å². The second kappa shape index (κ2) is 8.30. The number of hydrogen-bond acceptors (Lipinski definition) is 5. The quantitative estimate of drug-likeness (QED) is 0.730. The van der Waals surface area contributed by atoms with Crippen molar-refractivity contribution in [1.82, 2.24) is 10.2 Å². The number of ether oxygens (including phenoxy) is 2. The zero-order valence-electron chi connectivity index (χ0n) is 18.2. The Morgan fingerprint density at radius 3 is 2.50 bits per heavy atom. The van der Waals surface area contributed by atoms with Crippen LogP contribution in [0.15, 0.2) is 30.3 Å². The maximum atomic E-state index is 12.9. The van der Waals surface area contributed by atoms with Gasteiger partial charge in [0.25, 0.3) is 0 Å². The SMILES string of the molecule is NC(=O)C12CC3CC(C1)C(OC(=O)N1CC[C@@H](NC(=O)OCc4ccccc4)C1)C(C3)C2. The third-order valence-corrected chi connectivity index (χ3v) is 7.93. The number of alkyl carbamates (subject to hydrolysis) is 1. The van der Waals surface area contributed by atoms with E-state index in [9.17, 15) is 14.4 Å². The van der Waals surface area contributed by atoms with Crippen molar-refractivity contribution in [3.05, 3.63) is 35.9 Å². The first-order chi connectivity index (χ1) is 15.4. The highest BCUT2D eigenvalue weighted by atomic mass is 16.6. The lowest BCUT2D eigenvalue weighted by Crippen LogP contribution is -2.59. The normalized spacial score (nSPS) is 34.9. The number of likely N-dealkylation sites (tertiary alicyclic amines) is 1. The molecule has 4 aliphatic carbocycles. The summed E-state index contributed by atoms with van der Waals surface area (Å²) in [5.41, 5.74) is 6.29. The Bertz CT molecular complexity index is 875. The highest BCUT2D eigenvalue weighted by Gasteiger charge is 2.59. The van der Waals surface area contributed by atoms with Crippen molar-refractivity contribution in [2.75, 3.05) is 13.1 Å². The fourth-order valence-corrected chi connectivity index (χ4v) is 6.64. The van der Waals surface area contributed by atoms with Crippen LogP contribution in [0.4, 0.5) is 9.59 Å². The van der Waals surface area contributed by atoms with Crippen LogP contribution in [0.2, 0.25) is 0 Å². The summed E-state index contributed by atoms with van der Waals surface area (Å²) in [4.78, 5) is 38.7. The lowest BCUT2D eigenvalue weighted by Gasteiger charge is -2.58. The number of nitrogens with one attached hydrogen (secondary N) is 1. The molecule has 3 N–H and O–H groups in total. The zero-order chi connectivity index (χ0) is 22.3. The van der Waals surface area contributed by atoms with Crippen LogP contribution in [0.3, 0.4) is 0 Å². The van der Waals surface area contributed by atoms with Gasteiger partial charge in [0.05, 0.1) is 11.5 Å². The van der Waals surface area contributed by atoms with Crippen LogP contribution in [0.1, 0.15) is 44.1 Å². The molecule has 4 bridgehead atoms.